The van der Waals surface area contributed by atoms with Crippen LogP contribution in [0.25, 0.3) is 0 Å². The summed E-state index contributed by atoms with van der Waals surface area (Å²) < 4.78 is 40.2. The second kappa shape index (κ2) is 4.72. The van der Waals surface area contributed by atoms with E-state index in [1.807, 2.05) is 0 Å². The Morgan fingerprint density at radius 2 is 1.75 bits per heavy atom. The van der Waals surface area contributed by atoms with E-state index in [4.69, 9.17) is 14.2 Å². The Balaban J connectivity index is 2.84. The molecule has 8 heteroatoms. The lowest BCUT2D eigenvalue weighted by Gasteiger charge is -2.34. The molecule has 1 amide bonds. The molecule has 0 N–H and O–H groups in total. The molecule has 0 aliphatic carbocycles. The van der Waals surface area contributed by atoms with E-state index in [0.717, 1.165) is 6.26 Å². The summed E-state index contributed by atoms with van der Waals surface area (Å²) in [5.41, 5.74) is 0.404. The molecule has 1 aliphatic rings. The molecule has 1 aromatic carbocycles. The third-order valence-electron chi connectivity index (χ3n) is 3.13. The summed E-state index contributed by atoms with van der Waals surface area (Å²) >= 11 is 0. The van der Waals surface area contributed by atoms with Gasteiger partial charge in [0, 0.05) is 14.2 Å². The van der Waals surface area contributed by atoms with E-state index in [1.165, 1.54) is 27.4 Å². The van der Waals surface area contributed by atoms with Crippen molar-refractivity contribution in [1.29, 1.82) is 0 Å². The first-order chi connectivity index (χ1) is 9.33. The van der Waals surface area contributed by atoms with Crippen molar-refractivity contribution in [2.24, 2.45) is 0 Å². The van der Waals surface area contributed by atoms with Crippen LogP contribution in [-0.2, 0) is 25.4 Å². The largest absolute Gasteiger partial charge is 0.496 e. The van der Waals surface area contributed by atoms with Gasteiger partial charge in [0.1, 0.15) is 5.75 Å². The number of benzene rings is 1. The minimum Gasteiger partial charge on any atom is -0.496 e. The molecule has 0 radical (unpaired) electrons. The number of fused-ring (bicyclic) bond motifs is 1. The quantitative estimate of drug-likeness (QED) is 0.754. The fraction of sp³-hybridized carbons (Fsp3) is 0.417. The van der Waals surface area contributed by atoms with Gasteiger partial charge in [0.05, 0.1) is 24.5 Å². The number of carbonyl (C=O) groups excluding carboxylic acids is 1. The van der Waals surface area contributed by atoms with Crippen molar-refractivity contribution in [2.45, 2.75) is 5.91 Å². The van der Waals surface area contributed by atoms with Gasteiger partial charge in [-0.05, 0) is 12.1 Å². The van der Waals surface area contributed by atoms with E-state index in [0.29, 0.717) is 10.1 Å². The number of nitrogens with zero attached hydrogens (tertiary/aromatic N) is 1. The number of methoxy groups -OCH3 is 3. The molecule has 0 fully saturated rings. The number of hydrogen-bond donors (Lipinski definition) is 0. The SMILES string of the molecule is COc1cccc2c1C(OC)(OC)N(S(C)(=O)=O)C2=O. The number of hydrogen-bond acceptors (Lipinski definition) is 6. The summed E-state index contributed by atoms with van der Waals surface area (Å²) in [6, 6.07) is 4.69. The fourth-order valence-electron chi connectivity index (χ4n) is 2.37. The van der Waals surface area contributed by atoms with Crippen LogP contribution in [0.15, 0.2) is 18.2 Å². The highest BCUT2D eigenvalue weighted by Crippen LogP contribution is 2.46. The maximum absolute atomic E-state index is 12.4. The molecule has 20 heavy (non-hydrogen) atoms. The van der Waals surface area contributed by atoms with E-state index in [1.54, 1.807) is 12.1 Å². The van der Waals surface area contributed by atoms with Crippen molar-refractivity contribution in [3.8, 4) is 5.75 Å². The fourth-order valence-corrected chi connectivity index (χ4v) is 3.45. The summed E-state index contributed by atoms with van der Waals surface area (Å²) in [6.45, 7) is 0. The highest BCUT2D eigenvalue weighted by atomic mass is 32.2. The topological polar surface area (TPSA) is 82.1 Å². The normalized spacial score (nSPS) is 17.2. The zero-order valence-electron chi connectivity index (χ0n) is 11.5. The van der Waals surface area contributed by atoms with Crippen molar-refractivity contribution in [3.05, 3.63) is 29.3 Å². The van der Waals surface area contributed by atoms with Crippen molar-refractivity contribution >= 4 is 15.9 Å². The van der Waals surface area contributed by atoms with Gasteiger partial charge < -0.3 is 14.2 Å². The number of rotatable bonds is 4. The first-order valence-electron chi connectivity index (χ1n) is 5.66. The van der Waals surface area contributed by atoms with E-state index >= 15 is 0 Å². The Labute approximate surface area is 117 Å². The lowest BCUT2D eigenvalue weighted by Crippen LogP contribution is -2.49. The monoisotopic (exact) mass is 301 g/mol. The summed E-state index contributed by atoms with van der Waals surface area (Å²) in [4.78, 5) is 12.4. The molecular weight excluding hydrogens is 286 g/mol. The molecule has 2 rings (SSSR count). The maximum Gasteiger partial charge on any atom is 0.300 e. The van der Waals surface area contributed by atoms with E-state index in [-0.39, 0.29) is 11.1 Å². The molecule has 0 saturated heterocycles. The number of sulfonamides is 1. The molecule has 0 aromatic heterocycles. The molecule has 1 aromatic rings. The van der Waals surface area contributed by atoms with Crippen molar-refractivity contribution in [2.75, 3.05) is 27.6 Å². The minimum atomic E-state index is -3.90. The lowest BCUT2D eigenvalue weighted by atomic mass is 10.1. The second-order valence-corrected chi connectivity index (χ2v) is 6.04. The molecule has 0 bridgehead atoms. The molecule has 0 saturated carbocycles. The molecule has 0 unspecified atom stereocenters. The Kier molecular flexibility index (Phi) is 3.49. The molecule has 1 aliphatic heterocycles. The van der Waals surface area contributed by atoms with Crippen LogP contribution >= 0.6 is 0 Å². The van der Waals surface area contributed by atoms with Gasteiger partial charge in [-0.1, -0.05) is 6.07 Å². The molecule has 0 spiro atoms. The summed E-state index contributed by atoms with van der Waals surface area (Å²) in [7, 11) is 0.0388. The van der Waals surface area contributed by atoms with Crippen LogP contribution < -0.4 is 4.74 Å². The van der Waals surface area contributed by atoms with Crippen LogP contribution in [0.2, 0.25) is 0 Å². The van der Waals surface area contributed by atoms with Crippen LogP contribution in [-0.4, -0.2) is 46.2 Å². The lowest BCUT2D eigenvalue weighted by molar-refractivity contribution is -0.261. The van der Waals surface area contributed by atoms with Gasteiger partial charge in [-0.15, -0.1) is 0 Å². The Hall–Kier alpha value is -1.64. The average molecular weight is 301 g/mol. The Morgan fingerprint density at radius 1 is 1.15 bits per heavy atom. The predicted octanol–water partition coefficient (Wildman–Crippen LogP) is 0.514. The van der Waals surface area contributed by atoms with Crippen molar-refractivity contribution in [3.63, 3.8) is 0 Å². The standard InChI is InChI=1S/C12H15NO6S/c1-17-9-7-5-6-8-10(9)12(18-2,19-3)13(11(8)14)20(4,15)16/h5-7H,1-4H3. The Morgan fingerprint density at radius 3 is 2.20 bits per heavy atom. The first-order valence-corrected chi connectivity index (χ1v) is 7.50. The van der Waals surface area contributed by atoms with Gasteiger partial charge in [0.15, 0.2) is 0 Å². The predicted molar refractivity (Wildman–Crippen MR) is 69.7 cm³/mol. The Bertz CT molecular complexity index is 650. The van der Waals surface area contributed by atoms with Crippen molar-refractivity contribution < 1.29 is 27.4 Å². The van der Waals surface area contributed by atoms with Gasteiger partial charge in [0.25, 0.3) is 11.8 Å². The first kappa shape index (κ1) is 14.8. The summed E-state index contributed by atoms with van der Waals surface area (Å²) in [5.74, 6) is -2.26. The van der Waals surface area contributed by atoms with Gasteiger partial charge in [-0.3, -0.25) is 4.79 Å². The van der Waals surface area contributed by atoms with Crippen LogP contribution in [0, 0.1) is 0 Å². The molecule has 110 valence electrons. The number of ether oxygens (including phenoxy) is 3. The number of carbonyl (C=O) groups is 1. The average Bonchev–Trinajstić information content (AvgIpc) is 2.68. The second-order valence-electron chi connectivity index (χ2n) is 4.21. The van der Waals surface area contributed by atoms with Crippen LogP contribution in [0.3, 0.4) is 0 Å². The van der Waals surface area contributed by atoms with Crippen LogP contribution in [0.1, 0.15) is 15.9 Å². The van der Waals surface area contributed by atoms with E-state index < -0.39 is 21.8 Å². The zero-order chi connectivity index (χ0) is 15.1. The number of amides is 1. The highest BCUT2D eigenvalue weighted by Gasteiger charge is 2.57. The van der Waals surface area contributed by atoms with Gasteiger partial charge in [0.2, 0.25) is 10.0 Å². The third-order valence-corrected chi connectivity index (χ3v) is 4.20. The molecule has 0 atom stereocenters. The summed E-state index contributed by atoms with van der Waals surface area (Å²) in [5, 5.41) is 0. The van der Waals surface area contributed by atoms with E-state index in [9.17, 15) is 13.2 Å². The van der Waals surface area contributed by atoms with Gasteiger partial charge in [-0.25, -0.2) is 8.42 Å². The van der Waals surface area contributed by atoms with Crippen LogP contribution in [0.5, 0.6) is 5.75 Å². The van der Waals surface area contributed by atoms with Gasteiger partial charge in [-0.2, -0.15) is 4.31 Å². The molecular formula is C12H15NO6S. The summed E-state index contributed by atoms with van der Waals surface area (Å²) in [6.07, 6.45) is 0.913. The van der Waals surface area contributed by atoms with Gasteiger partial charge >= 0.3 is 0 Å². The minimum absolute atomic E-state index is 0.165. The van der Waals surface area contributed by atoms with Crippen LogP contribution in [0.4, 0.5) is 0 Å². The molecule has 1 heterocycles. The smallest absolute Gasteiger partial charge is 0.300 e. The maximum atomic E-state index is 12.4. The van der Waals surface area contributed by atoms with Crippen molar-refractivity contribution in [1.82, 2.24) is 4.31 Å². The highest BCUT2D eigenvalue weighted by molar-refractivity contribution is 7.89. The van der Waals surface area contributed by atoms with E-state index in [2.05, 4.69) is 0 Å². The zero-order valence-corrected chi connectivity index (χ0v) is 12.4. The third kappa shape index (κ3) is 1.80. The molecule has 7 nitrogen and oxygen atoms in total.